The number of nitrogens with two attached hydrogens (primary N) is 1. The van der Waals surface area contributed by atoms with E-state index in [1.165, 1.54) is 0 Å². The zero-order valence-electron chi connectivity index (χ0n) is 10.4. The minimum Gasteiger partial charge on any atom is -0.437 e. The number of aromatic nitrogens is 2. The number of anilines is 1. The van der Waals surface area contributed by atoms with Gasteiger partial charge in [0.2, 0.25) is 11.8 Å². The summed E-state index contributed by atoms with van der Waals surface area (Å²) in [6, 6.07) is 7.36. The molecular weight excluding hydrogens is 362 g/mol. The van der Waals surface area contributed by atoms with Gasteiger partial charge in [-0.05, 0) is 31.2 Å². The molecule has 0 fully saturated rings. The monoisotopic (exact) mass is 369 g/mol. The summed E-state index contributed by atoms with van der Waals surface area (Å²) in [6.45, 7) is 2.00. The maximum Gasteiger partial charge on any atom is 0.232 e. The van der Waals surface area contributed by atoms with E-state index in [4.69, 9.17) is 22.1 Å². The summed E-state index contributed by atoms with van der Waals surface area (Å²) in [6.07, 6.45) is 0. The average Bonchev–Trinajstić information content (AvgIpc) is 2.73. The van der Waals surface area contributed by atoms with Crippen molar-refractivity contribution in [3.63, 3.8) is 0 Å². The normalized spacial score (nSPS) is 10.9. The Labute approximate surface area is 132 Å². The minimum absolute atomic E-state index is 0.183. The quantitative estimate of drug-likeness (QED) is 0.704. The Morgan fingerprint density at radius 3 is 2.85 bits per heavy atom. The molecule has 2 aromatic heterocycles. The van der Waals surface area contributed by atoms with Gasteiger partial charge in [0.25, 0.3) is 0 Å². The summed E-state index contributed by atoms with van der Waals surface area (Å²) in [5.41, 5.74) is 5.71. The van der Waals surface area contributed by atoms with Crippen molar-refractivity contribution in [1.82, 2.24) is 9.97 Å². The molecule has 0 aliphatic heterocycles. The van der Waals surface area contributed by atoms with Gasteiger partial charge in [-0.1, -0.05) is 27.5 Å². The second-order valence-electron chi connectivity index (χ2n) is 4.14. The van der Waals surface area contributed by atoms with Gasteiger partial charge in [-0.2, -0.15) is 4.98 Å². The number of halogens is 2. The van der Waals surface area contributed by atoms with Crippen molar-refractivity contribution < 1.29 is 4.74 Å². The Kier molecular flexibility index (Phi) is 3.54. The van der Waals surface area contributed by atoms with E-state index in [9.17, 15) is 0 Å². The van der Waals surface area contributed by atoms with Crippen LogP contribution in [-0.4, -0.2) is 9.97 Å². The van der Waals surface area contributed by atoms with Gasteiger partial charge >= 0.3 is 0 Å². The summed E-state index contributed by atoms with van der Waals surface area (Å²) in [5.74, 6) is 1.13. The summed E-state index contributed by atoms with van der Waals surface area (Å²) < 4.78 is 6.68. The number of nitrogens with zero attached hydrogens (tertiary/aromatic N) is 2. The molecule has 0 spiro atoms. The van der Waals surface area contributed by atoms with Crippen LogP contribution in [-0.2, 0) is 0 Å². The lowest BCUT2D eigenvalue weighted by molar-refractivity contribution is 0.469. The summed E-state index contributed by atoms with van der Waals surface area (Å²) in [4.78, 5) is 10.3. The van der Waals surface area contributed by atoms with Crippen LogP contribution >= 0.6 is 38.9 Å². The predicted molar refractivity (Wildman–Crippen MR) is 85.8 cm³/mol. The second kappa shape index (κ2) is 5.20. The lowest BCUT2D eigenvalue weighted by Gasteiger charge is -2.08. The maximum absolute atomic E-state index is 6.15. The van der Waals surface area contributed by atoms with Crippen LogP contribution < -0.4 is 10.5 Å². The first kappa shape index (κ1) is 13.6. The third-order valence-corrected chi connectivity index (χ3v) is 4.33. The molecule has 0 bridgehead atoms. The van der Waals surface area contributed by atoms with Gasteiger partial charge in [0, 0.05) is 9.35 Å². The molecule has 7 heteroatoms. The zero-order valence-corrected chi connectivity index (χ0v) is 13.5. The van der Waals surface area contributed by atoms with Crippen molar-refractivity contribution in [3.05, 3.63) is 38.6 Å². The molecule has 4 nitrogen and oxygen atoms in total. The Balaban J connectivity index is 2.10. The van der Waals surface area contributed by atoms with Gasteiger partial charge in [0.05, 0.1) is 10.4 Å². The molecule has 102 valence electrons. The number of rotatable bonds is 2. The molecule has 1 aromatic carbocycles. The molecule has 0 amide bonds. The van der Waals surface area contributed by atoms with E-state index >= 15 is 0 Å². The van der Waals surface area contributed by atoms with E-state index in [0.29, 0.717) is 16.7 Å². The van der Waals surface area contributed by atoms with Gasteiger partial charge in [-0.3, -0.25) is 0 Å². The first-order valence-electron chi connectivity index (χ1n) is 5.69. The van der Waals surface area contributed by atoms with Gasteiger partial charge < -0.3 is 10.5 Å². The van der Waals surface area contributed by atoms with Gasteiger partial charge in [0.15, 0.2) is 0 Å². The lowest BCUT2D eigenvalue weighted by Crippen LogP contribution is -1.97. The van der Waals surface area contributed by atoms with Crippen LogP contribution in [0.25, 0.3) is 10.2 Å². The highest BCUT2D eigenvalue weighted by atomic mass is 79.9. The largest absolute Gasteiger partial charge is 0.437 e. The van der Waals surface area contributed by atoms with Crippen LogP contribution in [0.15, 0.2) is 28.7 Å². The fourth-order valence-electron chi connectivity index (χ4n) is 1.77. The molecule has 0 radical (unpaired) electrons. The van der Waals surface area contributed by atoms with Crippen molar-refractivity contribution in [2.75, 3.05) is 5.73 Å². The molecule has 0 aliphatic carbocycles. The Morgan fingerprint density at radius 2 is 2.10 bits per heavy atom. The topological polar surface area (TPSA) is 61.0 Å². The van der Waals surface area contributed by atoms with Crippen LogP contribution in [0.5, 0.6) is 11.6 Å². The van der Waals surface area contributed by atoms with E-state index in [1.54, 1.807) is 23.5 Å². The zero-order chi connectivity index (χ0) is 14.3. The Bertz CT molecular complexity index is 806. The van der Waals surface area contributed by atoms with E-state index in [2.05, 4.69) is 25.9 Å². The highest BCUT2D eigenvalue weighted by Crippen LogP contribution is 2.36. The lowest BCUT2D eigenvalue weighted by atomic mass is 10.3. The van der Waals surface area contributed by atoms with Gasteiger partial charge in [-0.15, -0.1) is 11.3 Å². The second-order valence-corrected chi connectivity index (χ2v) is 6.70. The smallest absolute Gasteiger partial charge is 0.232 e. The molecule has 0 saturated carbocycles. The number of benzene rings is 1. The van der Waals surface area contributed by atoms with E-state index in [0.717, 1.165) is 19.6 Å². The predicted octanol–water partition coefficient (Wildman–Crippen LogP) is 4.79. The number of nitrogen functional groups attached to an aromatic ring is 1. The van der Waals surface area contributed by atoms with Crippen LogP contribution in [0.4, 0.5) is 5.95 Å². The molecular formula is C13H9BrClN3OS. The van der Waals surface area contributed by atoms with Crippen molar-refractivity contribution in [3.8, 4) is 11.6 Å². The van der Waals surface area contributed by atoms with Gasteiger partial charge in [-0.25, -0.2) is 4.98 Å². The third kappa shape index (κ3) is 2.59. The Hall–Kier alpha value is -1.37. The fraction of sp³-hybridized carbons (Fsp3) is 0.0769. The van der Waals surface area contributed by atoms with Crippen molar-refractivity contribution in [2.45, 2.75) is 6.92 Å². The van der Waals surface area contributed by atoms with Crippen LogP contribution in [0.2, 0.25) is 5.02 Å². The standard InChI is InChI=1S/C13H9BrClN3OS/c1-6-4-8-11(17-13(16)18-12(8)20-6)19-10-3-2-7(14)5-9(10)15/h2-5H,1H3,(H2,16,17,18). The van der Waals surface area contributed by atoms with E-state index in [-0.39, 0.29) is 5.95 Å². The number of aryl methyl sites for hydroxylation is 1. The van der Waals surface area contributed by atoms with Crippen molar-refractivity contribution >= 4 is 55.0 Å². The minimum atomic E-state index is 0.183. The first-order valence-corrected chi connectivity index (χ1v) is 7.68. The number of ether oxygens (including phenoxy) is 1. The molecule has 0 atom stereocenters. The molecule has 2 heterocycles. The number of fused-ring (bicyclic) bond motifs is 1. The average molecular weight is 371 g/mol. The van der Waals surface area contributed by atoms with Crippen molar-refractivity contribution in [1.29, 1.82) is 0 Å². The molecule has 2 N–H and O–H groups in total. The molecule has 0 unspecified atom stereocenters. The van der Waals surface area contributed by atoms with Crippen LogP contribution in [0.1, 0.15) is 4.88 Å². The number of hydrogen-bond acceptors (Lipinski definition) is 5. The molecule has 0 aliphatic rings. The number of hydrogen-bond donors (Lipinski definition) is 1. The SMILES string of the molecule is Cc1cc2c(Oc3ccc(Br)cc3Cl)nc(N)nc2s1. The third-order valence-electron chi connectivity index (χ3n) is 2.60. The van der Waals surface area contributed by atoms with Crippen LogP contribution in [0.3, 0.4) is 0 Å². The molecule has 3 rings (SSSR count). The summed E-state index contributed by atoms with van der Waals surface area (Å²) in [7, 11) is 0. The highest BCUT2D eigenvalue weighted by Gasteiger charge is 2.13. The van der Waals surface area contributed by atoms with E-state index < -0.39 is 0 Å². The summed E-state index contributed by atoms with van der Waals surface area (Å²) in [5, 5.41) is 1.33. The Morgan fingerprint density at radius 1 is 1.30 bits per heavy atom. The summed E-state index contributed by atoms with van der Waals surface area (Å²) >= 11 is 11.0. The molecule has 0 saturated heterocycles. The van der Waals surface area contributed by atoms with Crippen LogP contribution in [0, 0.1) is 6.92 Å². The molecule has 3 aromatic rings. The maximum atomic E-state index is 6.15. The highest BCUT2D eigenvalue weighted by molar-refractivity contribution is 9.10. The van der Waals surface area contributed by atoms with Crippen molar-refractivity contribution in [2.24, 2.45) is 0 Å². The number of thiophene rings is 1. The fourth-order valence-corrected chi connectivity index (χ4v) is 3.36. The first-order chi connectivity index (χ1) is 9.52. The van der Waals surface area contributed by atoms with E-state index in [1.807, 2.05) is 19.1 Å². The molecule has 20 heavy (non-hydrogen) atoms. The van der Waals surface area contributed by atoms with Gasteiger partial charge in [0.1, 0.15) is 10.6 Å².